The molecule has 6 nitrogen and oxygen atoms in total. The Kier molecular flexibility index (Phi) is 5.79. The van der Waals surface area contributed by atoms with E-state index in [1.165, 1.54) is 14.2 Å². The van der Waals surface area contributed by atoms with E-state index >= 15 is 0 Å². The fourth-order valence-corrected chi connectivity index (χ4v) is 3.46. The molecule has 0 N–H and O–H groups in total. The van der Waals surface area contributed by atoms with Crippen LogP contribution in [0.1, 0.15) is 0 Å². The fourth-order valence-electron chi connectivity index (χ4n) is 3.03. The van der Waals surface area contributed by atoms with E-state index < -0.39 is 0 Å². The molecule has 0 saturated heterocycles. The maximum absolute atomic E-state index is 6.47. The van der Waals surface area contributed by atoms with Gasteiger partial charge >= 0.3 is 12.0 Å². The SMILES string of the molecule is COc1ncc(-c2cccc(Cl)c2)c(-c2nc(OC)ncc2-c2ccccc2Cl)n1. The van der Waals surface area contributed by atoms with Crippen LogP contribution in [0.15, 0.2) is 60.9 Å². The Morgan fingerprint density at radius 3 is 1.97 bits per heavy atom. The molecule has 4 aromatic rings. The molecule has 0 amide bonds. The largest absolute Gasteiger partial charge is 0.467 e. The molecule has 0 spiro atoms. The summed E-state index contributed by atoms with van der Waals surface area (Å²) in [5.41, 5.74) is 4.11. The van der Waals surface area contributed by atoms with Gasteiger partial charge in [-0.3, -0.25) is 0 Å². The lowest BCUT2D eigenvalue weighted by molar-refractivity contribution is 0.378. The van der Waals surface area contributed by atoms with Crippen LogP contribution in [0.25, 0.3) is 33.6 Å². The molecule has 0 atom stereocenters. The molecule has 0 aliphatic carbocycles. The second-order valence-corrected chi connectivity index (χ2v) is 7.07. The third kappa shape index (κ3) is 3.92. The molecule has 0 fully saturated rings. The van der Waals surface area contributed by atoms with Gasteiger partial charge in [-0.15, -0.1) is 0 Å². The third-order valence-electron chi connectivity index (χ3n) is 4.42. The van der Waals surface area contributed by atoms with Gasteiger partial charge in [-0.1, -0.05) is 53.5 Å². The van der Waals surface area contributed by atoms with E-state index in [1.807, 2.05) is 42.5 Å². The summed E-state index contributed by atoms with van der Waals surface area (Å²) in [5.74, 6) is 0. The van der Waals surface area contributed by atoms with Crippen LogP contribution in [0, 0.1) is 0 Å². The highest BCUT2D eigenvalue weighted by molar-refractivity contribution is 6.33. The molecule has 0 unspecified atom stereocenters. The minimum absolute atomic E-state index is 0.204. The van der Waals surface area contributed by atoms with Crippen molar-refractivity contribution in [3.8, 4) is 45.7 Å². The van der Waals surface area contributed by atoms with Crippen molar-refractivity contribution >= 4 is 23.2 Å². The molecule has 4 rings (SSSR count). The van der Waals surface area contributed by atoms with Crippen molar-refractivity contribution in [3.05, 3.63) is 71.0 Å². The van der Waals surface area contributed by atoms with Crippen LogP contribution in [0.4, 0.5) is 0 Å². The first-order valence-electron chi connectivity index (χ1n) is 8.94. The molecular weight excluding hydrogens is 423 g/mol. The number of halogens is 2. The summed E-state index contributed by atoms with van der Waals surface area (Å²) < 4.78 is 10.5. The van der Waals surface area contributed by atoms with E-state index in [0.29, 0.717) is 27.0 Å². The van der Waals surface area contributed by atoms with Gasteiger partial charge in [0.2, 0.25) is 0 Å². The lowest BCUT2D eigenvalue weighted by Crippen LogP contribution is -2.02. The Morgan fingerprint density at radius 2 is 1.33 bits per heavy atom. The highest BCUT2D eigenvalue weighted by atomic mass is 35.5. The lowest BCUT2D eigenvalue weighted by atomic mass is 9.98. The Bertz CT molecular complexity index is 1220. The van der Waals surface area contributed by atoms with E-state index in [9.17, 15) is 0 Å². The number of hydrogen-bond acceptors (Lipinski definition) is 6. The second kappa shape index (κ2) is 8.65. The van der Waals surface area contributed by atoms with Gasteiger partial charge in [-0.2, -0.15) is 9.97 Å². The average molecular weight is 439 g/mol. The molecule has 2 heterocycles. The number of nitrogens with zero attached hydrogens (tertiary/aromatic N) is 4. The van der Waals surface area contributed by atoms with Crippen LogP contribution < -0.4 is 9.47 Å². The van der Waals surface area contributed by atoms with Crippen molar-refractivity contribution in [2.24, 2.45) is 0 Å². The van der Waals surface area contributed by atoms with Gasteiger partial charge in [0.1, 0.15) is 11.4 Å². The van der Waals surface area contributed by atoms with E-state index in [0.717, 1.165) is 16.7 Å². The molecule has 30 heavy (non-hydrogen) atoms. The van der Waals surface area contributed by atoms with Crippen LogP contribution >= 0.6 is 23.2 Å². The Labute approximate surface area is 183 Å². The highest BCUT2D eigenvalue weighted by Gasteiger charge is 2.20. The average Bonchev–Trinajstić information content (AvgIpc) is 2.78. The van der Waals surface area contributed by atoms with Gasteiger partial charge in [0, 0.05) is 39.1 Å². The van der Waals surface area contributed by atoms with Gasteiger partial charge in [0.05, 0.1) is 14.2 Å². The second-order valence-electron chi connectivity index (χ2n) is 6.23. The van der Waals surface area contributed by atoms with Gasteiger partial charge < -0.3 is 9.47 Å². The van der Waals surface area contributed by atoms with E-state index in [4.69, 9.17) is 32.7 Å². The molecular formula is C22H16Cl2N4O2. The number of methoxy groups -OCH3 is 2. The number of rotatable bonds is 5. The zero-order valence-electron chi connectivity index (χ0n) is 16.1. The van der Waals surface area contributed by atoms with Crippen LogP contribution in [0.5, 0.6) is 12.0 Å². The predicted octanol–water partition coefficient (Wildman–Crippen LogP) is 5.59. The van der Waals surface area contributed by atoms with Crippen molar-refractivity contribution in [1.29, 1.82) is 0 Å². The summed E-state index contributed by atoms with van der Waals surface area (Å²) >= 11 is 12.7. The Morgan fingerprint density at radius 1 is 0.700 bits per heavy atom. The number of benzene rings is 2. The molecule has 0 bridgehead atoms. The van der Waals surface area contributed by atoms with Crippen molar-refractivity contribution < 1.29 is 9.47 Å². The molecule has 0 aliphatic heterocycles. The molecule has 0 saturated carbocycles. The predicted molar refractivity (Wildman–Crippen MR) is 117 cm³/mol. The molecule has 2 aromatic heterocycles. The quantitative estimate of drug-likeness (QED) is 0.404. The maximum Gasteiger partial charge on any atom is 0.316 e. The third-order valence-corrected chi connectivity index (χ3v) is 4.99. The van der Waals surface area contributed by atoms with Gasteiger partial charge in [0.25, 0.3) is 0 Å². The number of hydrogen-bond donors (Lipinski definition) is 0. The summed E-state index contributed by atoms with van der Waals surface area (Å²) in [5, 5.41) is 1.17. The normalized spacial score (nSPS) is 10.7. The van der Waals surface area contributed by atoms with Crippen LogP contribution in [-0.4, -0.2) is 34.2 Å². The first-order chi connectivity index (χ1) is 14.6. The molecule has 150 valence electrons. The van der Waals surface area contributed by atoms with E-state index in [-0.39, 0.29) is 12.0 Å². The summed E-state index contributed by atoms with van der Waals surface area (Å²) in [6.45, 7) is 0. The first kappa shape index (κ1) is 20.1. The maximum atomic E-state index is 6.47. The standard InChI is InChI=1S/C22H16Cl2N4O2/c1-29-21-25-11-16(13-6-5-7-14(23)10-13)19(27-21)20-17(12-26-22(28-20)30-2)15-8-3-4-9-18(15)24/h3-12H,1-2H3. The van der Waals surface area contributed by atoms with Crippen molar-refractivity contribution in [2.45, 2.75) is 0 Å². The van der Waals surface area contributed by atoms with Crippen molar-refractivity contribution in [3.63, 3.8) is 0 Å². The minimum Gasteiger partial charge on any atom is -0.467 e. The molecule has 8 heteroatoms. The summed E-state index contributed by atoms with van der Waals surface area (Å²) in [6, 6.07) is 15.3. The fraction of sp³-hybridized carbons (Fsp3) is 0.0909. The molecule has 2 aromatic carbocycles. The molecule has 0 radical (unpaired) electrons. The summed E-state index contributed by atoms with van der Waals surface area (Å²) in [7, 11) is 3.01. The van der Waals surface area contributed by atoms with Gasteiger partial charge in [-0.05, 0) is 23.8 Å². The van der Waals surface area contributed by atoms with Crippen molar-refractivity contribution in [2.75, 3.05) is 14.2 Å². The van der Waals surface area contributed by atoms with Crippen LogP contribution in [-0.2, 0) is 0 Å². The van der Waals surface area contributed by atoms with Crippen molar-refractivity contribution in [1.82, 2.24) is 19.9 Å². The van der Waals surface area contributed by atoms with E-state index in [2.05, 4.69) is 19.9 Å². The van der Waals surface area contributed by atoms with Gasteiger partial charge in [-0.25, -0.2) is 9.97 Å². The smallest absolute Gasteiger partial charge is 0.316 e. The lowest BCUT2D eigenvalue weighted by Gasteiger charge is -2.14. The first-order valence-corrected chi connectivity index (χ1v) is 9.69. The zero-order chi connectivity index (χ0) is 21.1. The van der Waals surface area contributed by atoms with Gasteiger partial charge in [0.15, 0.2) is 0 Å². The number of aromatic nitrogens is 4. The minimum atomic E-state index is 0.204. The van der Waals surface area contributed by atoms with Crippen LogP contribution in [0.2, 0.25) is 10.0 Å². The summed E-state index contributed by atoms with van der Waals surface area (Å²) in [6.07, 6.45) is 3.34. The summed E-state index contributed by atoms with van der Waals surface area (Å²) in [4.78, 5) is 17.7. The monoisotopic (exact) mass is 438 g/mol. The number of ether oxygens (including phenoxy) is 2. The van der Waals surface area contributed by atoms with Crippen LogP contribution in [0.3, 0.4) is 0 Å². The Hall–Kier alpha value is -3.22. The highest BCUT2D eigenvalue weighted by Crippen LogP contribution is 2.39. The topological polar surface area (TPSA) is 70.0 Å². The zero-order valence-corrected chi connectivity index (χ0v) is 17.6. The molecule has 0 aliphatic rings. The van der Waals surface area contributed by atoms with E-state index in [1.54, 1.807) is 18.5 Å². The Balaban J connectivity index is 2.03.